The summed E-state index contributed by atoms with van der Waals surface area (Å²) in [5.41, 5.74) is 0.494. The minimum absolute atomic E-state index is 0.0891. The molecule has 0 atom stereocenters. The molecule has 0 amide bonds. The van der Waals surface area contributed by atoms with E-state index in [2.05, 4.69) is 5.32 Å². The van der Waals surface area contributed by atoms with Crippen molar-refractivity contribution in [2.24, 2.45) is 0 Å². The number of carbonyl (C=O) groups excluding carboxylic acids is 2. The lowest BCUT2D eigenvalue weighted by Gasteiger charge is -2.19. The number of anilines is 1. The third kappa shape index (κ3) is 2.23. The number of halogens is 2. The molecule has 2 aromatic carbocycles. The van der Waals surface area contributed by atoms with Crippen LogP contribution >= 0.6 is 11.6 Å². The fraction of sp³-hybridized carbons (Fsp3) is 0. The third-order valence-electron chi connectivity index (χ3n) is 3.20. The summed E-state index contributed by atoms with van der Waals surface area (Å²) in [6.07, 6.45) is 0. The first-order chi connectivity index (χ1) is 10.1. The molecule has 1 aliphatic rings. The SMILES string of the molecule is O=C1C(Cl)=C(Nc2ccccc2F)C(=O)c2ccccc21. The zero-order valence-corrected chi connectivity index (χ0v) is 11.4. The fourth-order valence-electron chi connectivity index (χ4n) is 2.15. The summed E-state index contributed by atoms with van der Waals surface area (Å²) in [5.74, 6) is -1.42. The number of para-hydroxylation sites is 1. The molecule has 1 N–H and O–H groups in total. The number of carbonyl (C=O) groups is 2. The number of rotatable bonds is 2. The molecule has 0 saturated heterocycles. The molecular formula is C16H9ClFNO2. The molecule has 1 aliphatic carbocycles. The Morgan fingerprint density at radius 3 is 2.10 bits per heavy atom. The monoisotopic (exact) mass is 301 g/mol. The molecule has 0 radical (unpaired) electrons. The molecule has 0 spiro atoms. The van der Waals surface area contributed by atoms with Gasteiger partial charge in [0.15, 0.2) is 0 Å². The van der Waals surface area contributed by atoms with Crippen LogP contribution in [0.15, 0.2) is 59.3 Å². The number of hydrogen-bond donors (Lipinski definition) is 1. The Bertz CT molecular complexity index is 798. The standard InChI is InChI=1S/C16H9ClFNO2/c17-13-14(19-12-8-4-3-7-11(12)18)16(21)10-6-2-1-5-9(10)15(13)20/h1-8,19H. The minimum Gasteiger partial charge on any atom is -0.349 e. The summed E-state index contributed by atoms with van der Waals surface area (Å²) in [7, 11) is 0. The van der Waals surface area contributed by atoms with E-state index >= 15 is 0 Å². The van der Waals surface area contributed by atoms with Crippen LogP contribution in [0, 0.1) is 5.82 Å². The summed E-state index contributed by atoms with van der Waals surface area (Å²) in [6, 6.07) is 12.3. The summed E-state index contributed by atoms with van der Waals surface area (Å²) >= 11 is 5.98. The van der Waals surface area contributed by atoms with Gasteiger partial charge >= 0.3 is 0 Å². The number of nitrogens with one attached hydrogen (secondary N) is 1. The van der Waals surface area contributed by atoms with E-state index in [-0.39, 0.29) is 27.5 Å². The predicted octanol–water partition coefficient (Wildman–Crippen LogP) is 3.77. The Kier molecular flexibility index (Phi) is 3.31. The van der Waals surface area contributed by atoms with Crippen molar-refractivity contribution in [2.45, 2.75) is 0 Å². The lowest BCUT2D eigenvalue weighted by molar-refractivity contribution is 0.0982. The molecule has 0 bridgehead atoms. The topological polar surface area (TPSA) is 46.2 Å². The van der Waals surface area contributed by atoms with E-state index < -0.39 is 17.4 Å². The van der Waals surface area contributed by atoms with Crippen LogP contribution in [0.1, 0.15) is 20.7 Å². The highest BCUT2D eigenvalue weighted by Gasteiger charge is 2.31. The molecule has 3 rings (SSSR count). The van der Waals surface area contributed by atoms with Crippen molar-refractivity contribution in [1.82, 2.24) is 0 Å². The Morgan fingerprint density at radius 1 is 0.857 bits per heavy atom. The molecule has 0 fully saturated rings. The normalized spacial score (nSPS) is 14.2. The number of ketones is 2. The van der Waals surface area contributed by atoms with Crippen LogP contribution < -0.4 is 5.32 Å². The Morgan fingerprint density at radius 2 is 1.43 bits per heavy atom. The van der Waals surface area contributed by atoms with Crippen LogP contribution in [-0.4, -0.2) is 11.6 Å². The van der Waals surface area contributed by atoms with Crippen molar-refractivity contribution in [1.29, 1.82) is 0 Å². The van der Waals surface area contributed by atoms with E-state index in [9.17, 15) is 14.0 Å². The van der Waals surface area contributed by atoms with Gasteiger partial charge in [-0.25, -0.2) is 4.39 Å². The number of fused-ring (bicyclic) bond motifs is 1. The van der Waals surface area contributed by atoms with Gasteiger partial charge in [0.25, 0.3) is 0 Å². The minimum atomic E-state index is -0.534. The number of hydrogen-bond acceptors (Lipinski definition) is 3. The van der Waals surface area contributed by atoms with Crippen molar-refractivity contribution in [3.05, 3.63) is 76.2 Å². The third-order valence-corrected chi connectivity index (χ3v) is 3.56. The van der Waals surface area contributed by atoms with E-state index in [1.54, 1.807) is 24.3 Å². The van der Waals surface area contributed by atoms with Gasteiger partial charge in [-0.15, -0.1) is 0 Å². The second-order valence-corrected chi connectivity index (χ2v) is 4.88. The van der Waals surface area contributed by atoms with Crippen molar-refractivity contribution < 1.29 is 14.0 Å². The van der Waals surface area contributed by atoms with Gasteiger partial charge < -0.3 is 5.32 Å². The molecule has 2 aromatic rings. The van der Waals surface area contributed by atoms with Gasteiger partial charge in [0.2, 0.25) is 11.6 Å². The second kappa shape index (κ2) is 5.14. The number of benzene rings is 2. The van der Waals surface area contributed by atoms with E-state index in [4.69, 9.17) is 11.6 Å². The lowest BCUT2D eigenvalue weighted by Crippen LogP contribution is -2.24. The van der Waals surface area contributed by atoms with Gasteiger partial charge in [-0.05, 0) is 12.1 Å². The van der Waals surface area contributed by atoms with Gasteiger partial charge in [-0.2, -0.15) is 0 Å². The van der Waals surface area contributed by atoms with Gasteiger partial charge in [0.05, 0.1) is 5.69 Å². The first kappa shape index (κ1) is 13.5. The summed E-state index contributed by atoms with van der Waals surface area (Å²) < 4.78 is 13.7. The van der Waals surface area contributed by atoms with Crippen LogP contribution in [0.4, 0.5) is 10.1 Å². The molecule has 0 unspecified atom stereocenters. The van der Waals surface area contributed by atoms with E-state index in [1.165, 1.54) is 24.3 Å². The highest BCUT2D eigenvalue weighted by atomic mass is 35.5. The van der Waals surface area contributed by atoms with Crippen molar-refractivity contribution in [3.63, 3.8) is 0 Å². The lowest BCUT2D eigenvalue weighted by atomic mass is 9.92. The molecule has 3 nitrogen and oxygen atoms in total. The Labute approximate surface area is 125 Å². The smallest absolute Gasteiger partial charge is 0.211 e. The van der Waals surface area contributed by atoms with Gasteiger partial charge in [-0.1, -0.05) is 48.0 Å². The zero-order chi connectivity index (χ0) is 15.0. The Hall–Kier alpha value is -2.46. The van der Waals surface area contributed by atoms with Crippen molar-refractivity contribution in [3.8, 4) is 0 Å². The maximum Gasteiger partial charge on any atom is 0.211 e. The molecule has 0 saturated carbocycles. The molecule has 0 heterocycles. The average Bonchev–Trinajstić information content (AvgIpc) is 2.51. The second-order valence-electron chi connectivity index (χ2n) is 4.50. The van der Waals surface area contributed by atoms with Crippen LogP contribution in [0.5, 0.6) is 0 Å². The maximum atomic E-state index is 13.7. The zero-order valence-electron chi connectivity index (χ0n) is 10.7. The number of allylic oxidation sites excluding steroid dienone is 2. The van der Waals surface area contributed by atoms with E-state index in [1.807, 2.05) is 0 Å². The van der Waals surface area contributed by atoms with E-state index in [0.717, 1.165) is 0 Å². The molecule has 5 heteroatoms. The van der Waals surface area contributed by atoms with Gasteiger partial charge in [0.1, 0.15) is 16.5 Å². The first-order valence-corrected chi connectivity index (χ1v) is 6.57. The Balaban J connectivity index is 2.07. The van der Waals surface area contributed by atoms with Crippen LogP contribution in [-0.2, 0) is 0 Å². The molecule has 21 heavy (non-hydrogen) atoms. The van der Waals surface area contributed by atoms with Gasteiger partial charge in [0, 0.05) is 11.1 Å². The highest BCUT2D eigenvalue weighted by molar-refractivity contribution is 6.50. The predicted molar refractivity (Wildman–Crippen MR) is 78.0 cm³/mol. The summed E-state index contributed by atoms with van der Waals surface area (Å²) in [4.78, 5) is 24.6. The first-order valence-electron chi connectivity index (χ1n) is 6.19. The summed E-state index contributed by atoms with van der Waals surface area (Å²) in [5, 5.41) is 2.39. The summed E-state index contributed by atoms with van der Waals surface area (Å²) in [6.45, 7) is 0. The van der Waals surface area contributed by atoms with Crippen LogP contribution in [0.25, 0.3) is 0 Å². The van der Waals surface area contributed by atoms with Gasteiger partial charge in [-0.3, -0.25) is 9.59 Å². The number of Topliss-reactive ketones (excluding diaryl/α,β-unsaturated/α-hetero) is 2. The molecular weight excluding hydrogens is 293 g/mol. The largest absolute Gasteiger partial charge is 0.349 e. The quantitative estimate of drug-likeness (QED) is 0.918. The molecule has 0 aromatic heterocycles. The average molecular weight is 302 g/mol. The fourth-order valence-corrected chi connectivity index (χ4v) is 2.39. The van der Waals surface area contributed by atoms with Crippen LogP contribution in [0.2, 0.25) is 0 Å². The highest BCUT2D eigenvalue weighted by Crippen LogP contribution is 2.29. The van der Waals surface area contributed by atoms with Crippen molar-refractivity contribution in [2.75, 3.05) is 5.32 Å². The molecule has 0 aliphatic heterocycles. The van der Waals surface area contributed by atoms with Crippen molar-refractivity contribution >= 4 is 28.9 Å². The van der Waals surface area contributed by atoms with Crippen LogP contribution in [0.3, 0.4) is 0 Å². The molecule has 104 valence electrons. The van der Waals surface area contributed by atoms with E-state index in [0.29, 0.717) is 0 Å². The maximum absolute atomic E-state index is 13.7.